The molecule has 0 saturated carbocycles. The Kier molecular flexibility index (Phi) is 5.54. The molecule has 6 heteroatoms. The maximum Gasteiger partial charge on any atom is 0.248 e. The van der Waals surface area contributed by atoms with Gasteiger partial charge in [0.2, 0.25) is 5.91 Å². The molecule has 108 valence electrons. The van der Waals surface area contributed by atoms with Gasteiger partial charge in [-0.2, -0.15) is 0 Å². The van der Waals surface area contributed by atoms with Crippen molar-refractivity contribution in [2.75, 3.05) is 5.32 Å². The minimum absolute atomic E-state index is 0.292. The Morgan fingerprint density at radius 3 is 2.10 bits per heavy atom. The van der Waals surface area contributed by atoms with Gasteiger partial charge in [0.05, 0.1) is 20.1 Å². The number of hydrogen-bond donors (Lipinski definition) is 1. The van der Waals surface area contributed by atoms with Crippen LogP contribution in [0.5, 0.6) is 0 Å². The lowest BCUT2D eigenvalue weighted by atomic mass is 10.2. The van der Waals surface area contributed by atoms with Crippen LogP contribution in [0.3, 0.4) is 0 Å². The highest BCUT2D eigenvalue weighted by Gasteiger charge is 2.02. The summed E-state index contributed by atoms with van der Waals surface area (Å²) in [4.78, 5) is 11.8. The van der Waals surface area contributed by atoms with E-state index in [1.807, 2.05) is 0 Å². The minimum atomic E-state index is -0.292. The van der Waals surface area contributed by atoms with Crippen molar-refractivity contribution in [1.82, 2.24) is 0 Å². The first-order valence-corrected chi connectivity index (χ1v) is 7.36. The van der Waals surface area contributed by atoms with Crippen LogP contribution in [0.4, 0.5) is 5.69 Å². The Hall–Kier alpha value is -1.19. The average molecular weight is 361 g/mol. The molecule has 21 heavy (non-hydrogen) atoms. The molecule has 2 rings (SSSR count). The molecule has 0 unspecified atom stereocenters. The fraction of sp³-hybridized carbons (Fsp3) is 0. The molecule has 0 fully saturated rings. The quantitative estimate of drug-likeness (QED) is 0.673. The largest absolute Gasteiger partial charge is 0.322 e. The molecular formula is C15H9Cl4NO. The van der Waals surface area contributed by atoms with Gasteiger partial charge < -0.3 is 5.32 Å². The average Bonchev–Trinajstić information content (AvgIpc) is 2.44. The van der Waals surface area contributed by atoms with Crippen molar-refractivity contribution in [1.29, 1.82) is 0 Å². The molecule has 0 bridgehead atoms. The molecule has 0 aliphatic rings. The van der Waals surface area contributed by atoms with E-state index in [9.17, 15) is 4.79 Å². The molecule has 0 aromatic heterocycles. The Balaban J connectivity index is 2.05. The van der Waals surface area contributed by atoms with Crippen LogP contribution in [0.15, 0.2) is 42.5 Å². The van der Waals surface area contributed by atoms with Crippen molar-refractivity contribution in [2.45, 2.75) is 0 Å². The highest BCUT2D eigenvalue weighted by molar-refractivity contribution is 6.42. The predicted molar refractivity (Wildman–Crippen MR) is 90.6 cm³/mol. The Morgan fingerprint density at radius 2 is 1.48 bits per heavy atom. The van der Waals surface area contributed by atoms with Crippen molar-refractivity contribution in [2.24, 2.45) is 0 Å². The van der Waals surface area contributed by atoms with Crippen LogP contribution in [-0.2, 0) is 4.79 Å². The standard InChI is InChI=1S/C15H9Cl4NO/c16-11-4-1-9(7-13(11)18)2-6-15(21)20-10-3-5-12(17)14(19)8-10/h1-8H,(H,20,21). The number of anilines is 1. The van der Waals surface area contributed by atoms with Crippen LogP contribution < -0.4 is 5.32 Å². The van der Waals surface area contributed by atoms with Crippen LogP contribution in [0.2, 0.25) is 20.1 Å². The predicted octanol–water partition coefficient (Wildman–Crippen LogP) is 5.95. The van der Waals surface area contributed by atoms with E-state index in [1.54, 1.807) is 42.5 Å². The minimum Gasteiger partial charge on any atom is -0.322 e. The molecule has 2 aromatic rings. The molecule has 2 nitrogen and oxygen atoms in total. The Bertz CT molecular complexity index is 713. The third-order valence-corrected chi connectivity index (χ3v) is 4.04. The van der Waals surface area contributed by atoms with Gasteiger partial charge in [0.1, 0.15) is 0 Å². The van der Waals surface area contributed by atoms with E-state index >= 15 is 0 Å². The van der Waals surface area contributed by atoms with E-state index in [4.69, 9.17) is 46.4 Å². The number of hydrogen-bond acceptors (Lipinski definition) is 1. The second kappa shape index (κ2) is 7.19. The monoisotopic (exact) mass is 359 g/mol. The molecule has 0 aliphatic heterocycles. The third-order valence-electron chi connectivity index (χ3n) is 2.56. The molecular weight excluding hydrogens is 352 g/mol. The van der Waals surface area contributed by atoms with Crippen LogP contribution in [0.25, 0.3) is 6.08 Å². The van der Waals surface area contributed by atoms with Crippen LogP contribution in [0.1, 0.15) is 5.56 Å². The maximum absolute atomic E-state index is 11.8. The first kappa shape index (κ1) is 16.2. The first-order valence-electron chi connectivity index (χ1n) is 5.85. The highest BCUT2D eigenvalue weighted by atomic mass is 35.5. The van der Waals surface area contributed by atoms with Crippen LogP contribution >= 0.6 is 46.4 Å². The Morgan fingerprint density at radius 1 is 0.857 bits per heavy atom. The maximum atomic E-state index is 11.8. The Labute approximate surface area is 142 Å². The zero-order chi connectivity index (χ0) is 15.4. The van der Waals surface area contributed by atoms with Gasteiger partial charge in [-0.1, -0.05) is 52.5 Å². The number of amides is 1. The van der Waals surface area contributed by atoms with Gasteiger partial charge >= 0.3 is 0 Å². The lowest BCUT2D eigenvalue weighted by molar-refractivity contribution is -0.111. The topological polar surface area (TPSA) is 29.1 Å². The van der Waals surface area contributed by atoms with Gasteiger partial charge in [-0.25, -0.2) is 0 Å². The van der Waals surface area contributed by atoms with Crippen LogP contribution in [0, 0.1) is 0 Å². The lowest BCUT2D eigenvalue weighted by Gasteiger charge is -2.03. The number of carbonyl (C=O) groups excluding carboxylic acids is 1. The zero-order valence-corrected chi connectivity index (χ0v) is 13.6. The van der Waals surface area contributed by atoms with E-state index in [2.05, 4.69) is 5.32 Å². The smallest absolute Gasteiger partial charge is 0.248 e. The summed E-state index contributed by atoms with van der Waals surface area (Å²) in [5, 5.41) is 4.39. The zero-order valence-electron chi connectivity index (χ0n) is 10.5. The van der Waals surface area contributed by atoms with Gasteiger partial charge in [0.25, 0.3) is 0 Å². The lowest BCUT2D eigenvalue weighted by Crippen LogP contribution is -2.07. The van der Waals surface area contributed by atoms with Gasteiger partial charge in [-0.3, -0.25) is 4.79 Å². The summed E-state index contributed by atoms with van der Waals surface area (Å²) >= 11 is 23.4. The van der Waals surface area contributed by atoms with Crippen molar-refractivity contribution in [3.63, 3.8) is 0 Å². The summed E-state index contributed by atoms with van der Waals surface area (Å²) in [5.41, 5.74) is 1.34. The summed E-state index contributed by atoms with van der Waals surface area (Å²) in [5.74, 6) is -0.292. The van der Waals surface area contributed by atoms with Gasteiger partial charge in [0, 0.05) is 11.8 Å². The SMILES string of the molecule is O=C(C=Cc1ccc(Cl)c(Cl)c1)Nc1ccc(Cl)c(Cl)c1. The molecule has 1 N–H and O–H groups in total. The molecule has 0 atom stereocenters. The van der Waals surface area contributed by atoms with Crippen LogP contribution in [-0.4, -0.2) is 5.91 Å². The first-order chi connectivity index (χ1) is 9.95. The van der Waals surface area contributed by atoms with Gasteiger partial charge in [-0.15, -0.1) is 0 Å². The number of rotatable bonds is 3. The highest BCUT2D eigenvalue weighted by Crippen LogP contribution is 2.25. The summed E-state index contributed by atoms with van der Waals surface area (Å²) in [6.45, 7) is 0. The second-order valence-corrected chi connectivity index (χ2v) is 5.75. The molecule has 2 aromatic carbocycles. The third kappa shape index (κ3) is 4.65. The van der Waals surface area contributed by atoms with E-state index in [-0.39, 0.29) is 5.91 Å². The summed E-state index contributed by atoms with van der Waals surface area (Å²) < 4.78 is 0. The second-order valence-electron chi connectivity index (χ2n) is 4.13. The fourth-order valence-electron chi connectivity index (χ4n) is 1.55. The van der Waals surface area contributed by atoms with E-state index in [1.165, 1.54) is 6.08 Å². The number of halogens is 4. The van der Waals surface area contributed by atoms with Crippen molar-refractivity contribution < 1.29 is 4.79 Å². The van der Waals surface area contributed by atoms with E-state index < -0.39 is 0 Å². The molecule has 0 heterocycles. The number of carbonyl (C=O) groups is 1. The molecule has 1 amide bonds. The molecule has 0 spiro atoms. The van der Waals surface area contributed by atoms with Gasteiger partial charge in [0.15, 0.2) is 0 Å². The van der Waals surface area contributed by atoms with Crippen molar-refractivity contribution >= 4 is 64.1 Å². The molecule has 0 saturated heterocycles. The van der Waals surface area contributed by atoms with Crippen molar-refractivity contribution in [3.05, 3.63) is 68.1 Å². The normalized spacial score (nSPS) is 10.9. The molecule has 0 aliphatic carbocycles. The fourth-order valence-corrected chi connectivity index (χ4v) is 2.15. The number of benzene rings is 2. The molecule has 0 radical (unpaired) electrons. The summed E-state index contributed by atoms with van der Waals surface area (Å²) in [6.07, 6.45) is 3.02. The summed E-state index contributed by atoms with van der Waals surface area (Å²) in [6, 6.07) is 9.96. The van der Waals surface area contributed by atoms with Gasteiger partial charge in [-0.05, 0) is 42.0 Å². The number of nitrogens with one attached hydrogen (secondary N) is 1. The van der Waals surface area contributed by atoms with E-state index in [0.717, 1.165) is 5.56 Å². The summed E-state index contributed by atoms with van der Waals surface area (Å²) in [7, 11) is 0. The van der Waals surface area contributed by atoms with E-state index in [0.29, 0.717) is 25.8 Å². The van der Waals surface area contributed by atoms with Crippen molar-refractivity contribution in [3.8, 4) is 0 Å².